The van der Waals surface area contributed by atoms with Gasteiger partial charge in [0.25, 0.3) is 0 Å². The van der Waals surface area contributed by atoms with Gasteiger partial charge in [-0.2, -0.15) is 0 Å². The number of rotatable bonds is 4. The molecule has 2 rings (SSSR count). The van der Waals surface area contributed by atoms with E-state index >= 15 is 0 Å². The smallest absolute Gasteiger partial charge is 0.128 e. The Morgan fingerprint density at radius 3 is 2.62 bits per heavy atom. The average Bonchev–Trinajstić information content (AvgIpc) is 2.98. The highest BCUT2D eigenvalue weighted by Crippen LogP contribution is 2.34. The van der Waals surface area contributed by atoms with E-state index in [-0.39, 0.29) is 0 Å². The van der Waals surface area contributed by atoms with Crippen molar-refractivity contribution >= 4 is 0 Å². The summed E-state index contributed by atoms with van der Waals surface area (Å²) in [6.07, 6.45) is 2.11. The van der Waals surface area contributed by atoms with Crippen molar-refractivity contribution < 1.29 is 9.84 Å². The predicted molar refractivity (Wildman–Crippen MR) is 64.8 cm³/mol. The number of hydrogen-bond acceptors (Lipinski definition) is 2. The number of aliphatic hydroxyl groups is 1. The summed E-state index contributed by atoms with van der Waals surface area (Å²) >= 11 is 0. The lowest BCUT2D eigenvalue weighted by Crippen LogP contribution is -2.05. The van der Waals surface area contributed by atoms with Gasteiger partial charge in [0.2, 0.25) is 0 Å². The first-order valence-corrected chi connectivity index (χ1v) is 6.00. The molecule has 88 valence electrons. The Kier molecular flexibility index (Phi) is 3.20. The van der Waals surface area contributed by atoms with E-state index in [1.54, 1.807) is 6.92 Å². The van der Waals surface area contributed by atoms with E-state index in [4.69, 9.17) is 4.74 Å². The summed E-state index contributed by atoms with van der Waals surface area (Å²) in [7, 11) is 0. The minimum absolute atomic E-state index is 0.465. The summed E-state index contributed by atoms with van der Waals surface area (Å²) in [5.41, 5.74) is 3.21. The van der Waals surface area contributed by atoms with Crippen LogP contribution >= 0.6 is 0 Å². The van der Waals surface area contributed by atoms with Gasteiger partial charge < -0.3 is 9.84 Å². The van der Waals surface area contributed by atoms with E-state index in [1.807, 2.05) is 19.9 Å². The van der Waals surface area contributed by atoms with E-state index in [2.05, 4.69) is 6.07 Å². The Morgan fingerprint density at radius 1 is 1.38 bits per heavy atom. The Bertz CT molecular complexity index is 379. The van der Waals surface area contributed by atoms with Crippen LogP contribution in [0.5, 0.6) is 5.75 Å². The highest BCUT2D eigenvalue weighted by atomic mass is 16.5. The molecule has 0 bridgehead atoms. The lowest BCUT2D eigenvalue weighted by molar-refractivity contribution is 0.189. The molecule has 0 spiro atoms. The van der Waals surface area contributed by atoms with Crippen LogP contribution in [0.3, 0.4) is 0 Å². The lowest BCUT2D eigenvalue weighted by atomic mass is 10.0. The molecule has 1 aromatic rings. The fraction of sp³-hybridized carbons (Fsp3) is 0.571. The molecule has 0 aromatic heterocycles. The van der Waals surface area contributed by atoms with Crippen LogP contribution in [0.4, 0.5) is 0 Å². The standard InChI is InChI=1S/C14H20O2/c1-9-6-10(2)14(13(7-9)11(3)15)16-8-12-4-5-12/h6-7,11-12,15H,4-5,8H2,1-3H3. The van der Waals surface area contributed by atoms with E-state index in [1.165, 1.54) is 18.4 Å². The van der Waals surface area contributed by atoms with E-state index in [0.29, 0.717) is 0 Å². The molecule has 2 nitrogen and oxygen atoms in total. The molecule has 16 heavy (non-hydrogen) atoms. The van der Waals surface area contributed by atoms with E-state index in [0.717, 1.165) is 29.4 Å². The zero-order valence-corrected chi connectivity index (χ0v) is 10.3. The first kappa shape index (κ1) is 11.5. The van der Waals surface area contributed by atoms with Crippen LogP contribution in [0.25, 0.3) is 0 Å². The minimum atomic E-state index is -0.465. The van der Waals surface area contributed by atoms with Crippen molar-refractivity contribution in [1.29, 1.82) is 0 Å². The molecule has 2 heteroatoms. The molecule has 0 saturated heterocycles. The number of aryl methyl sites for hydroxylation is 2. The molecular formula is C14H20O2. The van der Waals surface area contributed by atoms with Gasteiger partial charge in [0, 0.05) is 5.56 Å². The molecule has 0 aliphatic heterocycles. The Morgan fingerprint density at radius 2 is 2.06 bits per heavy atom. The summed E-state index contributed by atoms with van der Waals surface area (Å²) < 4.78 is 5.85. The van der Waals surface area contributed by atoms with Crippen molar-refractivity contribution in [1.82, 2.24) is 0 Å². The number of ether oxygens (including phenoxy) is 1. The maximum atomic E-state index is 9.75. The fourth-order valence-electron chi connectivity index (χ4n) is 1.98. The topological polar surface area (TPSA) is 29.5 Å². The van der Waals surface area contributed by atoms with Crippen LogP contribution < -0.4 is 4.74 Å². The number of benzene rings is 1. The summed E-state index contributed by atoms with van der Waals surface area (Å²) in [5.74, 6) is 1.62. The second-order valence-electron chi connectivity index (χ2n) is 4.93. The third-order valence-corrected chi connectivity index (χ3v) is 3.06. The zero-order valence-electron chi connectivity index (χ0n) is 10.3. The van der Waals surface area contributed by atoms with Gasteiger partial charge >= 0.3 is 0 Å². The van der Waals surface area contributed by atoms with Gasteiger partial charge in [0.15, 0.2) is 0 Å². The fourth-order valence-corrected chi connectivity index (χ4v) is 1.98. The Balaban J connectivity index is 2.24. The summed E-state index contributed by atoms with van der Waals surface area (Å²) in [5, 5.41) is 9.75. The molecule has 1 aromatic carbocycles. The predicted octanol–water partition coefficient (Wildman–Crippen LogP) is 3.15. The molecule has 1 atom stereocenters. The molecule has 0 heterocycles. The van der Waals surface area contributed by atoms with Gasteiger partial charge in [-0.1, -0.05) is 11.6 Å². The second-order valence-corrected chi connectivity index (χ2v) is 4.93. The third-order valence-electron chi connectivity index (χ3n) is 3.06. The van der Waals surface area contributed by atoms with Crippen LogP contribution in [0.1, 0.15) is 42.6 Å². The van der Waals surface area contributed by atoms with E-state index < -0.39 is 6.10 Å². The first-order valence-electron chi connectivity index (χ1n) is 6.00. The largest absolute Gasteiger partial charge is 0.493 e. The first-order chi connectivity index (χ1) is 7.58. The number of hydrogen-bond donors (Lipinski definition) is 1. The zero-order chi connectivity index (χ0) is 11.7. The van der Waals surface area contributed by atoms with Crippen LogP contribution in [0.2, 0.25) is 0 Å². The van der Waals surface area contributed by atoms with Gasteiger partial charge in [0.1, 0.15) is 5.75 Å². The quantitative estimate of drug-likeness (QED) is 0.844. The average molecular weight is 220 g/mol. The van der Waals surface area contributed by atoms with Gasteiger partial charge in [0.05, 0.1) is 12.7 Å². The van der Waals surface area contributed by atoms with Crippen LogP contribution in [-0.2, 0) is 0 Å². The second kappa shape index (κ2) is 4.46. The summed E-state index contributed by atoms with van der Waals surface area (Å²) in [6.45, 7) is 6.67. The third kappa shape index (κ3) is 2.56. The molecule has 1 aliphatic carbocycles. The summed E-state index contributed by atoms with van der Waals surface area (Å²) in [4.78, 5) is 0. The normalized spacial score (nSPS) is 17.2. The van der Waals surface area contributed by atoms with Crippen molar-refractivity contribution in [2.45, 2.75) is 39.7 Å². The Labute approximate surface area is 97.3 Å². The molecule has 1 N–H and O–H groups in total. The molecular weight excluding hydrogens is 200 g/mol. The highest BCUT2D eigenvalue weighted by Gasteiger charge is 2.23. The van der Waals surface area contributed by atoms with Crippen LogP contribution in [0, 0.1) is 19.8 Å². The van der Waals surface area contributed by atoms with Crippen molar-refractivity contribution in [2.24, 2.45) is 5.92 Å². The van der Waals surface area contributed by atoms with Gasteiger partial charge in [-0.05, 0) is 51.2 Å². The maximum absolute atomic E-state index is 9.75. The maximum Gasteiger partial charge on any atom is 0.128 e. The van der Waals surface area contributed by atoms with Gasteiger partial charge in [-0.15, -0.1) is 0 Å². The van der Waals surface area contributed by atoms with Gasteiger partial charge in [-0.3, -0.25) is 0 Å². The molecule has 0 radical (unpaired) electrons. The van der Waals surface area contributed by atoms with Crippen LogP contribution in [-0.4, -0.2) is 11.7 Å². The monoisotopic (exact) mass is 220 g/mol. The molecule has 0 amide bonds. The van der Waals surface area contributed by atoms with E-state index in [9.17, 15) is 5.11 Å². The molecule has 1 aliphatic rings. The summed E-state index contributed by atoms with van der Waals surface area (Å²) in [6, 6.07) is 4.12. The minimum Gasteiger partial charge on any atom is -0.493 e. The highest BCUT2D eigenvalue weighted by molar-refractivity contribution is 5.44. The molecule has 1 saturated carbocycles. The van der Waals surface area contributed by atoms with Crippen molar-refractivity contribution in [3.8, 4) is 5.75 Å². The lowest BCUT2D eigenvalue weighted by Gasteiger charge is -2.17. The van der Waals surface area contributed by atoms with Gasteiger partial charge in [-0.25, -0.2) is 0 Å². The van der Waals surface area contributed by atoms with Crippen LogP contribution in [0.15, 0.2) is 12.1 Å². The Hall–Kier alpha value is -1.02. The molecule has 1 fully saturated rings. The van der Waals surface area contributed by atoms with Crippen molar-refractivity contribution in [3.63, 3.8) is 0 Å². The SMILES string of the molecule is Cc1cc(C)c(OCC2CC2)c(C(C)O)c1. The molecule has 1 unspecified atom stereocenters. The van der Waals surface area contributed by atoms with Crippen molar-refractivity contribution in [3.05, 3.63) is 28.8 Å². The number of aliphatic hydroxyl groups excluding tert-OH is 1. The van der Waals surface area contributed by atoms with Crippen molar-refractivity contribution in [2.75, 3.05) is 6.61 Å².